The van der Waals surface area contributed by atoms with E-state index >= 15 is 0 Å². The van der Waals surface area contributed by atoms with Crippen molar-refractivity contribution in [1.82, 2.24) is 4.57 Å². The van der Waals surface area contributed by atoms with Crippen molar-refractivity contribution in [3.63, 3.8) is 0 Å². The summed E-state index contributed by atoms with van der Waals surface area (Å²) in [7, 11) is 0. The molecule has 3 aromatic rings. The molecular weight excluding hydrogens is 372 g/mol. The average molecular weight is 386 g/mol. The van der Waals surface area contributed by atoms with Crippen molar-refractivity contribution in [1.29, 1.82) is 5.26 Å². The quantitative estimate of drug-likeness (QED) is 0.601. The number of aryl methyl sites for hydroxylation is 1. The van der Waals surface area contributed by atoms with Gasteiger partial charge in [0, 0.05) is 0 Å². The fourth-order valence-electron chi connectivity index (χ4n) is 2.95. The normalized spacial score (nSPS) is 11.3. The molecular formula is C21H14F4N2O. The van der Waals surface area contributed by atoms with Crippen molar-refractivity contribution in [2.45, 2.75) is 19.6 Å². The number of alkyl halides is 3. The number of benzene rings is 2. The molecule has 0 atom stereocenters. The molecule has 0 aliphatic heterocycles. The van der Waals surface area contributed by atoms with Gasteiger partial charge in [0.1, 0.15) is 17.4 Å². The molecule has 0 fully saturated rings. The van der Waals surface area contributed by atoms with Crippen molar-refractivity contribution >= 4 is 0 Å². The van der Waals surface area contributed by atoms with Crippen molar-refractivity contribution in [2.24, 2.45) is 0 Å². The van der Waals surface area contributed by atoms with Gasteiger partial charge in [0.2, 0.25) is 0 Å². The lowest BCUT2D eigenvalue weighted by atomic mass is 10.0. The van der Waals surface area contributed by atoms with Crippen LogP contribution in [0.2, 0.25) is 0 Å². The van der Waals surface area contributed by atoms with Crippen LogP contribution in [0.1, 0.15) is 22.3 Å². The van der Waals surface area contributed by atoms with Gasteiger partial charge in [-0.2, -0.15) is 18.4 Å². The highest BCUT2D eigenvalue weighted by molar-refractivity contribution is 5.63. The highest BCUT2D eigenvalue weighted by Gasteiger charge is 2.36. The molecule has 0 spiro atoms. The summed E-state index contributed by atoms with van der Waals surface area (Å²) in [4.78, 5) is 12.8. The first-order valence-corrected chi connectivity index (χ1v) is 8.27. The smallest absolute Gasteiger partial charge is 0.303 e. The summed E-state index contributed by atoms with van der Waals surface area (Å²) in [6.07, 6.45) is -4.85. The number of hydrogen-bond acceptors (Lipinski definition) is 2. The molecule has 0 bridgehead atoms. The van der Waals surface area contributed by atoms with E-state index in [1.807, 2.05) is 0 Å². The molecule has 0 amide bonds. The predicted molar refractivity (Wildman–Crippen MR) is 96.1 cm³/mol. The molecule has 3 nitrogen and oxygen atoms in total. The van der Waals surface area contributed by atoms with E-state index in [2.05, 4.69) is 0 Å². The number of nitrogens with zero attached hydrogens (tertiary/aromatic N) is 2. The Balaban J connectivity index is 2.31. The van der Waals surface area contributed by atoms with Gasteiger partial charge in [-0.15, -0.1) is 0 Å². The molecule has 0 N–H and O–H groups in total. The van der Waals surface area contributed by atoms with E-state index in [0.29, 0.717) is 11.1 Å². The van der Waals surface area contributed by atoms with Crippen molar-refractivity contribution in [3.8, 4) is 17.3 Å². The lowest BCUT2D eigenvalue weighted by molar-refractivity contribution is -0.137. The molecule has 0 aliphatic rings. The van der Waals surface area contributed by atoms with Gasteiger partial charge in [-0.1, -0.05) is 35.9 Å². The van der Waals surface area contributed by atoms with Crippen LogP contribution in [0.25, 0.3) is 11.3 Å². The fourth-order valence-corrected chi connectivity index (χ4v) is 2.95. The number of halogens is 4. The van der Waals surface area contributed by atoms with Crippen LogP contribution in [0.15, 0.2) is 59.4 Å². The van der Waals surface area contributed by atoms with Crippen LogP contribution >= 0.6 is 0 Å². The summed E-state index contributed by atoms with van der Waals surface area (Å²) in [5, 5.41) is 9.18. The fraction of sp³-hybridized carbons (Fsp3) is 0.143. The van der Waals surface area contributed by atoms with E-state index in [-0.39, 0.29) is 12.2 Å². The molecule has 0 aliphatic carbocycles. The third-order valence-electron chi connectivity index (χ3n) is 4.29. The minimum absolute atomic E-state index is 0.0318. The molecule has 1 aromatic heterocycles. The molecule has 0 unspecified atom stereocenters. The number of rotatable bonds is 3. The summed E-state index contributed by atoms with van der Waals surface area (Å²) in [5.74, 6) is -0.472. The molecule has 1 heterocycles. The molecule has 142 valence electrons. The Hall–Kier alpha value is -3.40. The number of hydrogen-bond donors (Lipinski definition) is 0. The first-order chi connectivity index (χ1) is 13.2. The first kappa shape index (κ1) is 19.4. The Kier molecular flexibility index (Phi) is 5.06. The van der Waals surface area contributed by atoms with E-state index < -0.39 is 28.7 Å². The van der Waals surface area contributed by atoms with Crippen molar-refractivity contribution in [2.75, 3.05) is 0 Å². The summed E-state index contributed by atoms with van der Waals surface area (Å²) in [6, 6.07) is 14.2. The van der Waals surface area contributed by atoms with Crippen molar-refractivity contribution < 1.29 is 17.6 Å². The average Bonchev–Trinajstić information content (AvgIpc) is 2.63. The van der Waals surface area contributed by atoms with E-state index in [9.17, 15) is 27.6 Å². The highest BCUT2D eigenvalue weighted by atomic mass is 19.4. The maximum absolute atomic E-state index is 13.5. The Morgan fingerprint density at radius 3 is 2.32 bits per heavy atom. The third kappa shape index (κ3) is 3.81. The van der Waals surface area contributed by atoms with E-state index in [1.165, 1.54) is 30.3 Å². The Labute approximate surface area is 158 Å². The second-order valence-electron chi connectivity index (χ2n) is 6.32. The molecule has 0 saturated heterocycles. The molecule has 0 saturated carbocycles. The van der Waals surface area contributed by atoms with Crippen LogP contribution in [0.5, 0.6) is 0 Å². The summed E-state index contributed by atoms with van der Waals surface area (Å²) < 4.78 is 54.6. The first-order valence-electron chi connectivity index (χ1n) is 8.27. The van der Waals surface area contributed by atoms with E-state index in [1.54, 1.807) is 31.2 Å². The van der Waals surface area contributed by atoms with Gasteiger partial charge in [-0.05, 0) is 42.3 Å². The zero-order valence-electron chi connectivity index (χ0n) is 14.7. The van der Waals surface area contributed by atoms with E-state index in [4.69, 9.17) is 0 Å². The Bertz CT molecular complexity index is 1120. The van der Waals surface area contributed by atoms with Crippen LogP contribution in [0.3, 0.4) is 0 Å². The van der Waals surface area contributed by atoms with Crippen LogP contribution in [-0.4, -0.2) is 4.57 Å². The van der Waals surface area contributed by atoms with Crippen molar-refractivity contribution in [3.05, 3.63) is 93.0 Å². The van der Waals surface area contributed by atoms with E-state index in [0.717, 1.165) is 16.2 Å². The van der Waals surface area contributed by atoms with Gasteiger partial charge in [0.05, 0.1) is 17.8 Å². The lowest BCUT2D eigenvalue weighted by Crippen LogP contribution is -2.28. The second kappa shape index (κ2) is 7.31. The van der Waals surface area contributed by atoms with Gasteiger partial charge in [-0.25, -0.2) is 4.39 Å². The largest absolute Gasteiger partial charge is 0.417 e. The molecule has 2 aromatic carbocycles. The van der Waals surface area contributed by atoms with Gasteiger partial charge in [-0.3, -0.25) is 4.79 Å². The van der Waals surface area contributed by atoms with Crippen LogP contribution in [0.4, 0.5) is 17.6 Å². The van der Waals surface area contributed by atoms with Crippen LogP contribution in [-0.2, 0) is 12.7 Å². The summed E-state index contributed by atoms with van der Waals surface area (Å²) in [5.41, 5.74) is -1.52. The minimum atomic E-state index is -4.85. The van der Waals surface area contributed by atoms with Crippen LogP contribution < -0.4 is 5.56 Å². The highest BCUT2D eigenvalue weighted by Crippen LogP contribution is 2.33. The standard InChI is InChI=1S/C21H14F4N2O/c1-13-3-2-4-15(9-13)19-10-18(21(23,24)25)17(11-26)20(28)27(19)12-14-5-7-16(22)8-6-14/h2-10H,12H2,1H3. The van der Waals surface area contributed by atoms with Gasteiger partial charge in [0.15, 0.2) is 0 Å². The second-order valence-corrected chi connectivity index (χ2v) is 6.32. The SMILES string of the molecule is Cc1cccc(-c2cc(C(F)(F)F)c(C#N)c(=O)n2Cc2ccc(F)cc2)c1. The molecule has 7 heteroatoms. The minimum Gasteiger partial charge on any atom is -0.303 e. The number of aromatic nitrogens is 1. The zero-order valence-corrected chi connectivity index (χ0v) is 14.7. The van der Waals surface area contributed by atoms with Gasteiger partial charge >= 0.3 is 6.18 Å². The Morgan fingerprint density at radius 1 is 1.07 bits per heavy atom. The Morgan fingerprint density at radius 2 is 1.75 bits per heavy atom. The topological polar surface area (TPSA) is 45.8 Å². The molecule has 3 rings (SSSR count). The summed E-state index contributed by atoms with van der Waals surface area (Å²) >= 11 is 0. The number of nitriles is 1. The monoisotopic (exact) mass is 386 g/mol. The predicted octanol–water partition coefficient (Wildman–Crippen LogP) is 4.90. The van der Waals surface area contributed by atoms with Crippen LogP contribution in [0, 0.1) is 24.1 Å². The maximum Gasteiger partial charge on any atom is 0.417 e. The maximum atomic E-state index is 13.5. The molecule has 28 heavy (non-hydrogen) atoms. The lowest BCUT2D eigenvalue weighted by Gasteiger charge is -2.18. The van der Waals surface area contributed by atoms with Gasteiger partial charge in [0.25, 0.3) is 5.56 Å². The summed E-state index contributed by atoms with van der Waals surface area (Å²) in [6.45, 7) is 1.68. The zero-order chi connectivity index (χ0) is 20.5. The molecule has 0 radical (unpaired) electrons. The number of pyridine rings is 1. The van der Waals surface area contributed by atoms with Gasteiger partial charge < -0.3 is 4.57 Å². The third-order valence-corrected chi connectivity index (χ3v) is 4.29.